The van der Waals surface area contributed by atoms with Crippen LogP contribution in [0.4, 0.5) is 0 Å². The fraction of sp³-hybridized carbons (Fsp3) is 0.889. The quantitative estimate of drug-likeness (QED) is 0.755. The van der Waals surface area contributed by atoms with Crippen molar-refractivity contribution < 1.29 is 8.42 Å². The van der Waals surface area contributed by atoms with Gasteiger partial charge in [-0.1, -0.05) is 19.3 Å². The molecule has 0 bridgehead atoms. The normalized spacial score (nSPS) is 26.2. The van der Waals surface area contributed by atoms with E-state index in [9.17, 15) is 8.42 Å². The highest BCUT2D eigenvalue weighted by Crippen LogP contribution is 2.30. The van der Waals surface area contributed by atoms with Gasteiger partial charge in [0.15, 0.2) is 0 Å². The smallest absolute Gasteiger partial charge is 0.212 e. The topological polar surface area (TPSA) is 46.2 Å². The van der Waals surface area contributed by atoms with E-state index in [1.165, 1.54) is 6.42 Å². The average molecular weight is 202 g/mol. The second-order valence-electron chi connectivity index (χ2n) is 4.01. The van der Waals surface area contributed by atoms with E-state index in [1.807, 2.05) is 0 Å². The lowest BCUT2D eigenvalue weighted by Crippen LogP contribution is -2.32. The number of hydrogen-bond acceptors (Lipinski definition) is 2. The van der Waals surface area contributed by atoms with Crippen LogP contribution in [-0.2, 0) is 10.0 Å². The molecule has 2 rings (SSSR count). The van der Waals surface area contributed by atoms with Gasteiger partial charge in [-0.05, 0) is 25.7 Å². The molecule has 0 saturated heterocycles. The molecule has 0 unspecified atom stereocenters. The Morgan fingerprint density at radius 2 is 1.69 bits per heavy atom. The zero-order chi connectivity index (χ0) is 9.31. The maximum Gasteiger partial charge on any atom is 0.215 e. The summed E-state index contributed by atoms with van der Waals surface area (Å²) in [7, 11) is -2.97. The molecule has 0 spiro atoms. The van der Waals surface area contributed by atoms with E-state index in [0.717, 1.165) is 44.6 Å². The Hall–Kier alpha value is -0.0900. The molecule has 2 saturated carbocycles. The maximum atomic E-state index is 11.5. The lowest BCUT2D eigenvalue weighted by molar-refractivity contribution is 0.499. The third-order valence-electron chi connectivity index (χ3n) is 2.71. The SMILES string of the molecule is O=S(=O)(N[C]1CCCCC1)C1CC1. The van der Waals surface area contributed by atoms with Crippen LogP contribution in [0.1, 0.15) is 44.9 Å². The van der Waals surface area contributed by atoms with Gasteiger partial charge in [0.1, 0.15) is 0 Å². The molecule has 1 N–H and O–H groups in total. The fourth-order valence-corrected chi connectivity index (χ4v) is 3.27. The Morgan fingerprint density at radius 3 is 2.23 bits per heavy atom. The van der Waals surface area contributed by atoms with Crippen LogP contribution in [-0.4, -0.2) is 13.7 Å². The molecule has 0 heterocycles. The van der Waals surface area contributed by atoms with Crippen molar-refractivity contribution in [1.82, 2.24) is 4.72 Å². The average Bonchev–Trinajstić information content (AvgIpc) is 2.87. The molecule has 2 fully saturated rings. The van der Waals surface area contributed by atoms with Crippen LogP contribution in [0.15, 0.2) is 0 Å². The Morgan fingerprint density at radius 1 is 1.08 bits per heavy atom. The van der Waals surface area contributed by atoms with Gasteiger partial charge >= 0.3 is 0 Å². The van der Waals surface area contributed by atoms with Crippen molar-refractivity contribution >= 4 is 10.0 Å². The summed E-state index contributed by atoms with van der Waals surface area (Å²) in [5.41, 5.74) is 0. The first-order valence-electron chi connectivity index (χ1n) is 5.05. The van der Waals surface area contributed by atoms with E-state index >= 15 is 0 Å². The number of rotatable bonds is 3. The Bertz CT molecular complexity index is 263. The summed E-state index contributed by atoms with van der Waals surface area (Å²) < 4.78 is 25.8. The van der Waals surface area contributed by atoms with Crippen molar-refractivity contribution in [3.05, 3.63) is 6.04 Å². The van der Waals surface area contributed by atoms with Crippen LogP contribution in [0, 0.1) is 6.04 Å². The Kier molecular flexibility index (Phi) is 2.60. The third-order valence-corrected chi connectivity index (χ3v) is 4.63. The monoisotopic (exact) mass is 202 g/mol. The molecule has 4 heteroatoms. The maximum absolute atomic E-state index is 11.5. The number of hydrogen-bond donors (Lipinski definition) is 1. The van der Waals surface area contributed by atoms with Crippen LogP contribution in [0.5, 0.6) is 0 Å². The van der Waals surface area contributed by atoms with Gasteiger partial charge in [-0.15, -0.1) is 0 Å². The first kappa shape index (κ1) is 9.46. The second-order valence-corrected chi connectivity index (χ2v) is 5.97. The van der Waals surface area contributed by atoms with Gasteiger partial charge in [0, 0.05) is 0 Å². The summed E-state index contributed by atoms with van der Waals surface area (Å²) >= 11 is 0. The van der Waals surface area contributed by atoms with Crippen molar-refractivity contribution in [3.63, 3.8) is 0 Å². The molecule has 75 valence electrons. The molecule has 0 aromatic heterocycles. The highest BCUT2D eigenvalue weighted by molar-refractivity contribution is 7.90. The van der Waals surface area contributed by atoms with Crippen LogP contribution >= 0.6 is 0 Å². The van der Waals surface area contributed by atoms with Gasteiger partial charge < -0.3 is 0 Å². The zero-order valence-electron chi connectivity index (χ0n) is 7.75. The lowest BCUT2D eigenvalue weighted by Gasteiger charge is -2.21. The molecule has 0 atom stereocenters. The lowest BCUT2D eigenvalue weighted by atomic mass is 9.96. The van der Waals surface area contributed by atoms with Crippen molar-refractivity contribution in [1.29, 1.82) is 0 Å². The minimum Gasteiger partial charge on any atom is -0.212 e. The predicted octanol–water partition coefficient (Wildman–Crippen LogP) is 1.56. The largest absolute Gasteiger partial charge is 0.215 e. The van der Waals surface area contributed by atoms with Crippen LogP contribution < -0.4 is 4.72 Å². The van der Waals surface area contributed by atoms with E-state index in [1.54, 1.807) is 0 Å². The van der Waals surface area contributed by atoms with E-state index in [-0.39, 0.29) is 5.25 Å². The molecular formula is C9H16NO2S. The third kappa shape index (κ3) is 2.44. The molecule has 13 heavy (non-hydrogen) atoms. The van der Waals surface area contributed by atoms with Crippen LogP contribution in [0.25, 0.3) is 0 Å². The minimum atomic E-state index is -2.97. The Balaban J connectivity index is 1.88. The summed E-state index contributed by atoms with van der Waals surface area (Å²) in [6.07, 6.45) is 7.13. The summed E-state index contributed by atoms with van der Waals surface area (Å²) in [6.45, 7) is 0. The van der Waals surface area contributed by atoms with E-state index in [2.05, 4.69) is 4.72 Å². The molecule has 0 amide bonds. The van der Waals surface area contributed by atoms with Crippen molar-refractivity contribution in [3.8, 4) is 0 Å². The summed E-state index contributed by atoms with van der Waals surface area (Å²) in [5, 5.41) is -0.0815. The zero-order valence-corrected chi connectivity index (χ0v) is 8.57. The molecule has 0 aliphatic heterocycles. The van der Waals surface area contributed by atoms with Gasteiger partial charge in [0.2, 0.25) is 10.0 Å². The van der Waals surface area contributed by atoms with E-state index in [0.29, 0.717) is 0 Å². The van der Waals surface area contributed by atoms with Gasteiger partial charge in [0.05, 0.1) is 11.3 Å². The molecule has 1 radical (unpaired) electrons. The predicted molar refractivity (Wildman–Crippen MR) is 51.4 cm³/mol. The highest BCUT2D eigenvalue weighted by Gasteiger charge is 2.37. The molecule has 2 aliphatic carbocycles. The second kappa shape index (κ2) is 3.58. The first-order chi connectivity index (χ1) is 6.18. The molecular weight excluding hydrogens is 186 g/mol. The van der Waals surface area contributed by atoms with Gasteiger partial charge in [0.25, 0.3) is 0 Å². The van der Waals surface area contributed by atoms with Crippen LogP contribution in [0.2, 0.25) is 0 Å². The van der Waals surface area contributed by atoms with Gasteiger partial charge in [-0.25, -0.2) is 13.1 Å². The fourth-order valence-electron chi connectivity index (χ4n) is 1.74. The van der Waals surface area contributed by atoms with Crippen molar-refractivity contribution in [2.24, 2.45) is 0 Å². The van der Waals surface area contributed by atoms with Gasteiger partial charge in [-0.3, -0.25) is 0 Å². The summed E-state index contributed by atoms with van der Waals surface area (Å²) in [6, 6.07) is 1.04. The van der Waals surface area contributed by atoms with Crippen molar-refractivity contribution in [2.45, 2.75) is 50.2 Å². The molecule has 3 nitrogen and oxygen atoms in total. The highest BCUT2D eigenvalue weighted by atomic mass is 32.2. The van der Waals surface area contributed by atoms with E-state index < -0.39 is 10.0 Å². The minimum absolute atomic E-state index is 0.0815. The summed E-state index contributed by atoms with van der Waals surface area (Å²) in [5.74, 6) is 0. The van der Waals surface area contributed by atoms with Gasteiger partial charge in [-0.2, -0.15) is 0 Å². The molecule has 2 aliphatic rings. The standard InChI is InChI=1S/C9H16NO2S/c11-13(12,9-6-7-9)10-8-4-2-1-3-5-8/h9-10H,1-7H2. The number of sulfonamides is 1. The molecule has 0 aromatic carbocycles. The van der Waals surface area contributed by atoms with Crippen molar-refractivity contribution in [2.75, 3.05) is 0 Å². The van der Waals surface area contributed by atoms with E-state index in [4.69, 9.17) is 0 Å². The first-order valence-corrected chi connectivity index (χ1v) is 6.59. The Labute approximate surface area is 80.0 Å². The molecule has 0 aromatic rings. The summed E-state index contributed by atoms with van der Waals surface area (Å²) in [4.78, 5) is 0. The number of nitrogens with one attached hydrogen (secondary N) is 1. The van der Waals surface area contributed by atoms with Crippen LogP contribution in [0.3, 0.4) is 0 Å².